The van der Waals surface area contributed by atoms with Crippen molar-refractivity contribution < 1.29 is 0 Å². The van der Waals surface area contributed by atoms with Gasteiger partial charge in [0.05, 0.1) is 11.4 Å². The molecule has 124 valence electrons. The minimum atomic E-state index is 0.544. The summed E-state index contributed by atoms with van der Waals surface area (Å²) in [6.07, 6.45) is 1.94. The number of benzene rings is 2. The van der Waals surface area contributed by atoms with E-state index in [9.17, 15) is 5.26 Å². The molecule has 5 heteroatoms. The van der Waals surface area contributed by atoms with E-state index in [0.717, 1.165) is 16.4 Å². The van der Waals surface area contributed by atoms with E-state index in [-0.39, 0.29) is 0 Å². The molecule has 0 aliphatic rings. The Morgan fingerprint density at radius 3 is 2.36 bits per heavy atom. The number of aryl methyl sites for hydroxylation is 1. The van der Waals surface area contributed by atoms with E-state index in [1.165, 1.54) is 22.2 Å². The summed E-state index contributed by atoms with van der Waals surface area (Å²) in [7, 11) is 0. The molecule has 0 saturated heterocycles. The van der Waals surface area contributed by atoms with Crippen LogP contribution in [0.15, 0.2) is 64.5 Å². The van der Waals surface area contributed by atoms with Crippen molar-refractivity contribution in [3.8, 4) is 17.3 Å². The summed E-state index contributed by atoms with van der Waals surface area (Å²) in [6, 6.07) is 20.5. The lowest BCUT2D eigenvalue weighted by molar-refractivity contribution is 0.950. The summed E-state index contributed by atoms with van der Waals surface area (Å²) in [5.41, 5.74) is 3.44. The highest BCUT2D eigenvalue weighted by Gasteiger charge is 2.15. The molecule has 0 aliphatic heterocycles. The maximum absolute atomic E-state index is 9.57. The lowest BCUT2D eigenvalue weighted by atomic mass is 10.1. The molecule has 25 heavy (non-hydrogen) atoms. The van der Waals surface area contributed by atoms with Gasteiger partial charge in [-0.2, -0.15) is 5.26 Å². The monoisotopic (exact) mass is 363 g/mol. The predicted octanol–water partition coefficient (Wildman–Crippen LogP) is 5.34. The van der Waals surface area contributed by atoms with Crippen molar-refractivity contribution in [1.82, 2.24) is 9.97 Å². The van der Waals surface area contributed by atoms with Gasteiger partial charge in [0.2, 0.25) is 0 Å². The summed E-state index contributed by atoms with van der Waals surface area (Å²) in [5.74, 6) is 1.41. The van der Waals surface area contributed by atoms with E-state index in [2.05, 4.69) is 47.2 Å². The lowest BCUT2D eigenvalue weighted by Crippen LogP contribution is -2.01. The normalized spacial score (nSPS) is 10.4. The molecule has 3 nitrogen and oxygen atoms in total. The second-order valence-electron chi connectivity index (χ2n) is 5.45. The van der Waals surface area contributed by atoms with E-state index in [1.807, 2.05) is 36.6 Å². The van der Waals surface area contributed by atoms with Crippen LogP contribution in [0.25, 0.3) is 11.3 Å². The van der Waals surface area contributed by atoms with Gasteiger partial charge in [-0.15, -0.1) is 23.5 Å². The minimum absolute atomic E-state index is 0.544. The average Bonchev–Trinajstić information content (AvgIpc) is 2.67. The summed E-state index contributed by atoms with van der Waals surface area (Å²) in [6.45, 7) is 2.08. The quantitative estimate of drug-likeness (QED) is 0.452. The summed E-state index contributed by atoms with van der Waals surface area (Å²) in [4.78, 5) is 10.5. The fourth-order valence-electron chi connectivity index (χ4n) is 2.38. The first-order valence-electron chi connectivity index (χ1n) is 7.81. The van der Waals surface area contributed by atoms with E-state index >= 15 is 0 Å². The number of hydrogen-bond donors (Lipinski definition) is 0. The van der Waals surface area contributed by atoms with Gasteiger partial charge in [0.1, 0.15) is 22.5 Å². The van der Waals surface area contributed by atoms with Crippen molar-refractivity contribution in [2.75, 3.05) is 6.26 Å². The van der Waals surface area contributed by atoms with Crippen molar-refractivity contribution in [3.63, 3.8) is 0 Å². The fourth-order valence-corrected chi connectivity index (χ4v) is 3.68. The Bertz CT molecular complexity index is 901. The van der Waals surface area contributed by atoms with Crippen LogP contribution >= 0.6 is 23.5 Å². The molecular formula is C20H17N3S2. The number of hydrogen-bond acceptors (Lipinski definition) is 5. The first kappa shape index (κ1) is 17.5. The van der Waals surface area contributed by atoms with Crippen LogP contribution < -0.4 is 0 Å². The Labute approximate surface area is 156 Å². The third-order valence-corrected chi connectivity index (χ3v) is 5.35. The molecule has 0 unspecified atom stereocenters. The van der Waals surface area contributed by atoms with Crippen LogP contribution in [-0.4, -0.2) is 16.2 Å². The molecule has 0 fully saturated rings. The van der Waals surface area contributed by atoms with Gasteiger partial charge < -0.3 is 0 Å². The molecule has 0 N–H and O–H groups in total. The van der Waals surface area contributed by atoms with Gasteiger partial charge in [-0.3, -0.25) is 0 Å². The molecule has 0 atom stereocenters. The van der Waals surface area contributed by atoms with Crippen LogP contribution in [0.1, 0.15) is 17.0 Å². The molecule has 2 aromatic carbocycles. The van der Waals surface area contributed by atoms with Crippen LogP contribution in [-0.2, 0) is 5.75 Å². The highest BCUT2D eigenvalue weighted by atomic mass is 32.2. The first-order valence-corrected chi connectivity index (χ1v) is 10.0. The maximum Gasteiger partial charge on any atom is 0.140 e. The molecule has 1 aromatic heterocycles. The molecule has 0 saturated carbocycles. The maximum atomic E-state index is 9.57. The van der Waals surface area contributed by atoms with Gasteiger partial charge in [0.25, 0.3) is 0 Å². The number of thioether (sulfide) groups is 2. The minimum Gasteiger partial charge on any atom is -0.231 e. The largest absolute Gasteiger partial charge is 0.231 e. The summed E-state index contributed by atoms with van der Waals surface area (Å²) in [5, 5.41) is 10.3. The van der Waals surface area contributed by atoms with E-state index in [4.69, 9.17) is 0 Å². The zero-order chi connectivity index (χ0) is 17.6. The lowest BCUT2D eigenvalue weighted by Gasteiger charge is -2.10. The predicted molar refractivity (Wildman–Crippen MR) is 105 cm³/mol. The summed E-state index contributed by atoms with van der Waals surface area (Å²) >= 11 is 3.19. The molecule has 3 rings (SSSR count). The molecule has 0 aliphatic carbocycles. The Hall–Kier alpha value is -2.29. The number of aromatic nitrogens is 2. The second-order valence-corrected chi connectivity index (χ2v) is 7.30. The zero-order valence-corrected chi connectivity index (χ0v) is 15.7. The van der Waals surface area contributed by atoms with Crippen molar-refractivity contribution >= 4 is 23.5 Å². The smallest absolute Gasteiger partial charge is 0.140 e. The molecule has 3 aromatic rings. The number of nitrogens with zero attached hydrogens (tertiary/aromatic N) is 3. The molecule has 0 spiro atoms. The zero-order valence-electron chi connectivity index (χ0n) is 14.1. The molecule has 0 bridgehead atoms. The Morgan fingerprint density at radius 1 is 1.00 bits per heavy atom. The molecule has 0 radical (unpaired) electrons. The SMILES string of the molecule is CSc1nc(CSc2ccc(C)cc2)nc(-c2ccccc2)c1C#N. The van der Waals surface area contributed by atoms with Crippen molar-refractivity contribution in [2.45, 2.75) is 22.6 Å². The van der Waals surface area contributed by atoms with Crippen molar-refractivity contribution in [1.29, 1.82) is 5.26 Å². The third kappa shape index (κ3) is 4.22. The van der Waals surface area contributed by atoms with E-state index in [1.54, 1.807) is 11.8 Å². The third-order valence-electron chi connectivity index (χ3n) is 3.66. The van der Waals surface area contributed by atoms with E-state index in [0.29, 0.717) is 17.0 Å². The highest BCUT2D eigenvalue weighted by molar-refractivity contribution is 7.98. The molecule has 1 heterocycles. The van der Waals surface area contributed by atoms with Gasteiger partial charge in [-0.05, 0) is 25.3 Å². The van der Waals surface area contributed by atoms with Crippen LogP contribution in [0.4, 0.5) is 0 Å². The second kappa shape index (κ2) is 8.19. The standard InChI is InChI=1S/C20H17N3S2/c1-14-8-10-16(11-9-14)25-13-18-22-19(15-6-4-3-5-7-15)17(12-21)20(23-18)24-2/h3-11H,13H2,1-2H3. The molecule has 0 amide bonds. The Balaban J connectivity index is 1.94. The van der Waals surface area contributed by atoms with Crippen molar-refractivity contribution in [3.05, 3.63) is 71.5 Å². The van der Waals surface area contributed by atoms with Gasteiger partial charge in [0, 0.05) is 10.5 Å². The molecular weight excluding hydrogens is 346 g/mol. The van der Waals surface area contributed by atoms with Crippen molar-refractivity contribution in [2.24, 2.45) is 0 Å². The first-order chi connectivity index (χ1) is 12.2. The van der Waals surface area contributed by atoms with Gasteiger partial charge in [-0.25, -0.2) is 9.97 Å². The van der Waals surface area contributed by atoms with E-state index < -0.39 is 0 Å². The van der Waals surface area contributed by atoms with Gasteiger partial charge in [-0.1, -0.05) is 48.0 Å². The highest BCUT2D eigenvalue weighted by Crippen LogP contribution is 2.29. The number of nitriles is 1. The fraction of sp³-hybridized carbons (Fsp3) is 0.150. The van der Waals surface area contributed by atoms with Crippen LogP contribution in [0.2, 0.25) is 0 Å². The van der Waals surface area contributed by atoms with Gasteiger partial charge >= 0.3 is 0 Å². The number of rotatable bonds is 5. The van der Waals surface area contributed by atoms with Crippen LogP contribution in [0, 0.1) is 18.3 Å². The topological polar surface area (TPSA) is 49.6 Å². The van der Waals surface area contributed by atoms with Crippen LogP contribution in [0.5, 0.6) is 0 Å². The van der Waals surface area contributed by atoms with Crippen LogP contribution in [0.3, 0.4) is 0 Å². The van der Waals surface area contributed by atoms with Gasteiger partial charge in [0.15, 0.2) is 0 Å². The Kier molecular flexibility index (Phi) is 5.75. The summed E-state index contributed by atoms with van der Waals surface area (Å²) < 4.78 is 0. The Morgan fingerprint density at radius 2 is 1.72 bits per heavy atom. The average molecular weight is 364 g/mol.